The van der Waals surface area contributed by atoms with Crippen molar-refractivity contribution in [1.82, 2.24) is 15.2 Å². The Morgan fingerprint density at radius 1 is 1.19 bits per heavy atom. The summed E-state index contributed by atoms with van der Waals surface area (Å²) in [5, 5.41) is 0. The summed E-state index contributed by atoms with van der Waals surface area (Å²) in [6, 6.07) is 0. The van der Waals surface area contributed by atoms with Crippen molar-refractivity contribution in [2.75, 3.05) is 39.3 Å². The number of carbonyl (C=O) groups excluding carboxylic acids is 1. The van der Waals surface area contributed by atoms with Crippen LogP contribution in [0.1, 0.15) is 26.2 Å². The van der Waals surface area contributed by atoms with Gasteiger partial charge in [-0.15, -0.1) is 0 Å². The van der Waals surface area contributed by atoms with Crippen LogP contribution in [0.25, 0.3) is 0 Å². The summed E-state index contributed by atoms with van der Waals surface area (Å²) in [7, 11) is 0. The first kappa shape index (κ1) is 13.4. The van der Waals surface area contributed by atoms with Crippen molar-refractivity contribution >= 4 is 5.91 Å². The van der Waals surface area contributed by atoms with Gasteiger partial charge in [-0.25, -0.2) is 5.84 Å². The molecule has 0 aromatic heterocycles. The number of nitrogens with two attached hydrogens (primary N) is 1. The van der Waals surface area contributed by atoms with Crippen LogP contribution in [0, 0.1) is 0 Å². The van der Waals surface area contributed by atoms with E-state index in [1.54, 1.807) is 0 Å². The number of hydrogen-bond acceptors (Lipinski definition) is 4. The molecule has 0 unspecified atom stereocenters. The number of amides is 1. The summed E-state index contributed by atoms with van der Waals surface area (Å²) in [6.07, 6.45) is 2.67. The van der Waals surface area contributed by atoms with E-state index >= 15 is 0 Å². The average Bonchev–Trinajstić information content (AvgIpc) is 2.31. The lowest BCUT2D eigenvalue weighted by Crippen LogP contribution is -2.46. The molecule has 16 heavy (non-hydrogen) atoms. The maximum atomic E-state index is 10.9. The molecule has 1 heterocycles. The fourth-order valence-electron chi connectivity index (χ4n) is 2.09. The monoisotopic (exact) mass is 228 g/mol. The van der Waals surface area contributed by atoms with E-state index in [2.05, 4.69) is 22.1 Å². The highest BCUT2D eigenvalue weighted by Crippen LogP contribution is 2.03. The van der Waals surface area contributed by atoms with Gasteiger partial charge in [0.1, 0.15) is 0 Å². The first-order valence-electron chi connectivity index (χ1n) is 6.20. The second-order valence-electron chi connectivity index (χ2n) is 4.35. The van der Waals surface area contributed by atoms with Crippen LogP contribution in [0.5, 0.6) is 0 Å². The van der Waals surface area contributed by atoms with Crippen LogP contribution < -0.4 is 11.3 Å². The SMILES string of the molecule is CCCN1CCN(CCCC(=O)NN)CC1. The molecule has 0 aromatic carbocycles. The molecule has 0 aromatic rings. The minimum absolute atomic E-state index is 0.0652. The molecule has 0 aliphatic carbocycles. The van der Waals surface area contributed by atoms with Crippen molar-refractivity contribution in [2.24, 2.45) is 5.84 Å². The number of carbonyl (C=O) groups is 1. The summed E-state index contributed by atoms with van der Waals surface area (Å²) in [6.45, 7) is 9.02. The highest BCUT2D eigenvalue weighted by atomic mass is 16.2. The quantitative estimate of drug-likeness (QED) is 0.375. The third kappa shape index (κ3) is 4.92. The predicted molar refractivity (Wildman–Crippen MR) is 64.7 cm³/mol. The van der Waals surface area contributed by atoms with Gasteiger partial charge < -0.3 is 9.80 Å². The van der Waals surface area contributed by atoms with Crippen LogP contribution in [0.15, 0.2) is 0 Å². The van der Waals surface area contributed by atoms with Gasteiger partial charge in [0.05, 0.1) is 0 Å². The minimum atomic E-state index is -0.0652. The second-order valence-corrected chi connectivity index (χ2v) is 4.35. The second kappa shape index (κ2) is 7.60. The molecule has 94 valence electrons. The van der Waals surface area contributed by atoms with E-state index < -0.39 is 0 Å². The molecular weight excluding hydrogens is 204 g/mol. The number of nitrogens with zero attached hydrogens (tertiary/aromatic N) is 2. The van der Waals surface area contributed by atoms with Gasteiger partial charge >= 0.3 is 0 Å². The Bertz CT molecular complexity index is 202. The number of hydrogen-bond donors (Lipinski definition) is 2. The first-order valence-corrected chi connectivity index (χ1v) is 6.20. The molecule has 0 radical (unpaired) electrons. The first-order chi connectivity index (χ1) is 7.76. The Kier molecular flexibility index (Phi) is 6.37. The smallest absolute Gasteiger partial charge is 0.233 e. The highest BCUT2D eigenvalue weighted by Gasteiger charge is 2.15. The van der Waals surface area contributed by atoms with Gasteiger partial charge in [0, 0.05) is 32.6 Å². The lowest BCUT2D eigenvalue weighted by molar-refractivity contribution is -0.121. The summed E-state index contributed by atoms with van der Waals surface area (Å²) in [4.78, 5) is 15.9. The molecule has 1 rings (SSSR count). The topological polar surface area (TPSA) is 61.6 Å². The lowest BCUT2D eigenvalue weighted by atomic mass is 10.2. The molecule has 1 aliphatic heterocycles. The Hall–Kier alpha value is -0.650. The standard InChI is InChI=1S/C11H24N4O/c1-2-5-14-7-9-15(10-8-14)6-3-4-11(16)13-12/h2-10,12H2,1H3,(H,13,16). The lowest BCUT2D eigenvalue weighted by Gasteiger charge is -2.34. The molecule has 5 nitrogen and oxygen atoms in total. The number of piperazine rings is 1. The Balaban J connectivity index is 2.06. The van der Waals surface area contributed by atoms with E-state index in [1.807, 2.05) is 0 Å². The Morgan fingerprint density at radius 2 is 1.75 bits per heavy atom. The molecule has 0 atom stereocenters. The fourth-order valence-corrected chi connectivity index (χ4v) is 2.09. The van der Waals surface area contributed by atoms with Crippen LogP contribution in [-0.2, 0) is 4.79 Å². The van der Waals surface area contributed by atoms with Crippen molar-refractivity contribution < 1.29 is 4.79 Å². The summed E-state index contributed by atoms with van der Waals surface area (Å²) in [5.74, 6) is 4.96. The fraction of sp³-hybridized carbons (Fsp3) is 0.909. The zero-order chi connectivity index (χ0) is 11.8. The Morgan fingerprint density at radius 3 is 2.25 bits per heavy atom. The molecule has 1 amide bonds. The van der Waals surface area contributed by atoms with Crippen molar-refractivity contribution in [3.63, 3.8) is 0 Å². The molecule has 3 N–H and O–H groups in total. The van der Waals surface area contributed by atoms with Gasteiger partial charge in [-0.1, -0.05) is 6.92 Å². The van der Waals surface area contributed by atoms with E-state index in [0.717, 1.165) is 39.1 Å². The van der Waals surface area contributed by atoms with Gasteiger partial charge in [-0.3, -0.25) is 10.2 Å². The van der Waals surface area contributed by atoms with E-state index in [-0.39, 0.29) is 5.91 Å². The average molecular weight is 228 g/mol. The molecule has 1 fully saturated rings. The third-order valence-corrected chi connectivity index (χ3v) is 3.04. The van der Waals surface area contributed by atoms with Crippen molar-refractivity contribution in [2.45, 2.75) is 26.2 Å². The zero-order valence-electron chi connectivity index (χ0n) is 10.2. The number of rotatable bonds is 6. The minimum Gasteiger partial charge on any atom is -0.301 e. The molecule has 1 saturated heterocycles. The predicted octanol–water partition coefficient (Wildman–Crippen LogP) is -0.216. The van der Waals surface area contributed by atoms with Crippen LogP contribution in [0.4, 0.5) is 0 Å². The highest BCUT2D eigenvalue weighted by molar-refractivity contribution is 5.75. The summed E-state index contributed by atoms with van der Waals surface area (Å²) < 4.78 is 0. The zero-order valence-corrected chi connectivity index (χ0v) is 10.2. The van der Waals surface area contributed by atoms with Gasteiger partial charge in [-0.2, -0.15) is 0 Å². The van der Waals surface area contributed by atoms with Crippen LogP contribution in [0.2, 0.25) is 0 Å². The van der Waals surface area contributed by atoms with Gasteiger partial charge in [0.25, 0.3) is 0 Å². The molecule has 0 saturated carbocycles. The summed E-state index contributed by atoms with van der Waals surface area (Å²) in [5.41, 5.74) is 2.16. The van der Waals surface area contributed by atoms with Gasteiger partial charge in [-0.05, 0) is 25.9 Å². The normalized spacial score (nSPS) is 18.6. The maximum Gasteiger partial charge on any atom is 0.233 e. The Labute approximate surface area is 97.9 Å². The van der Waals surface area contributed by atoms with Crippen molar-refractivity contribution in [1.29, 1.82) is 0 Å². The van der Waals surface area contributed by atoms with E-state index in [1.165, 1.54) is 13.0 Å². The maximum absolute atomic E-state index is 10.9. The molecule has 0 bridgehead atoms. The van der Waals surface area contributed by atoms with E-state index in [9.17, 15) is 4.79 Å². The van der Waals surface area contributed by atoms with Crippen LogP contribution in [-0.4, -0.2) is 55.0 Å². The molecule has 1 aliphatic rings. The number of nitrogens with one attached hydrogen (secondary N) is 1. The van der Waals surface area contributed by atoms with E-state index in [0.29, 0.717) is 6.42 Å². The third-order valence-electron chi connectivity index (χ3n) is 3.04. The van der Waals surface area contributed by atoms with Crippen LogP contribution in [0.3, 0.4) is 0 Å². The molecular formula is C11H24N4O. The molecule has 5 heteroatoms. The van der Waals surface area contributed by atoms with Gasteiger partial charge in [0.2, 0.25) is 5.91 Å². The molecule has 0 spiro atoms. The van der Waals surface area contributed by atoms with E-state index in [4.69, 9.17) is 5.84 Å². The van der Waals surface area contributed by atoms with Crippen LogP contribution >= 0.6 is 0 Å². The van der Waals surface area contributed by atoms with Gasteiger partial charge in [0.15, 0.2) is 0 Å². The van der Waals surface area contributed by atoms with Crippen molar-refractivity contribution in [3.8, 4) is 0 Å². The largest absolute Gasteiger partial charge is 0.301 e. The van der Waals surface area contributed by atoms with Crippen molar-refractivity contribution in [3.05, 3.63) is 0 Å². The summed E-state index contributed by atoms with van der Waals surface area (Å²) >= 11 is 0. The number of hydrazine groups is 1.